The number of aromatic nitrogens is 3. The summed E-state index contributed by atoms with van der Waals surface area (Å²) in [6, 6.07) is 11.9. The van der Waals surface area contributed by atoms with Crippen LogP contribution in [0.5, 0.6) is 0 Å². The van der Waals surface area contributed by atoms with E-state index in [1.165, 1.54) is 18.2 Å². The van der Waals surface area contributed by atoms with Gasteiger partial charge in [0.25, 0.3) is 15.7 Å². The predicted octanol–water partition coefficient (Wildman–Crippen LogP) is 2.31. The zero-order valence-electron chi connectivity index (χ0n) is 14.3. The van der Waals surface area contributed by atoms with Crippen molar-refractivity contribution in [2.45, 2.75) is 11.3 Å². The molecular weight excluding hydrogens is 408 g/mol. The molecule has 12 heteroatoms. The number of rotatable bonds is 7. The number of nitrogens with zero attached hydrogens (tertiary/aromatic N) is 4. The number of anilines is 2. The average Bonchev–Trinajstić information content (AvgIpc) is 3.05. The Kier molecular flexibility index (Phi) is 5.47. The molecule has 0 saturated carbocycles. The highest BCUT2D eigenvalue weighted by Crippen LogP contribution is 2.21. The van der Waals surface area contributed by atoms with Gasteiger partial charge in [-0.2, -0.15) is 13.4 Å². The lowest BCUT2D eigenvalue weighted by Gasteiger charge is -2.05. The summed E-state index contributed by atoms with van der Waals surface area (Å²) >= 11 is 5.84. The fourth-order valence-electron chi connectivity index (χ4n) is 2.39. The molecule has 0 atom stereocenters. The van der Waals surface area contributed by atoms with Crippen LogP contribution in [-0.4, -0.2) is 34.1 Å². The Morgan fingerprint density at radius 2 is 1.93 bits per heavy atom. The second-order valence-corrected chi connectivity index (χ2v) is 7.90. The van der Waals surface area contributed by atoms with Gasteiger partial charge in [0.2, 0.25) is 11.9 Å². The maximum Gasteiger partial charge on any atom is 0.286 e. The smallest absolute Gasteiger partial charge is 0.286 e. The highest BCUT2D eigenvalue weighted by atomic mass is 35.5. The van der Waals surface area contributed by atoms with Gasteiger partial charge in [0.05, 0.1) is 9.82 Å². The van der Waals surface area contributed by atoms with Crippen molar-refractivity contribution in [3.05, 3.63) is 69.2 Å². The van der Waals surface area contributed by atoms with Crippen molar-refractivity contribution >= 4 is 39.2 Å². The number of nitro benzene ring substituents is 1. The summed E-state index contributed by atoms with van der Waals surface area (Å²) in [6.07, 6.45) is 0.628. The molecule has 3 aromatic rings. The molecule has 3 N–H and O–H groups in total. The van der Waals surface area contributed by atoms with Crippen LogP contribution in [0.3, 0.4) is 0 Å². The quantitative estimate of drug-likeness (QED) is 0.435. The summed E-state index contributed by atoms with van der Waals surface area (Å²) in [7, 11) is -4.23. The first kappa shape index (κ1) is 19.6. The summed E-state index contributed by atoms with van der Waals surface area (Å²) in [5.41, 5.74) is 6.35. The third-order valence-corrected chi connectivity index (χ3v) is 5.59. The topological polar surface area (TPSA) is 146 Å². The fourth-order valence-corrected chi connectivity index (χ4v) is 3.71. The summed E-state index contributed by atoms with van der Waals surface area (Å²) in [6.45, 7) is 0.432. The van der Waals surface area contributed by atoms with Crippen LogP contribution in [0.4, 0.5) is 17.6 Å². The lowest BCUT2D eigenvalue weighted by Crippen LogP contribution is -2.17. The normalized spacial score (nSPS) is 11.3. The first-order valence-corrected chi connectivity index (χ1v) is 9.80. The van der Waals surface area contributed by atoms with Crippen LogP contribution < -0.4 is 11.1 Å². The molecule has 2 aromatic carbocycles. The minimum atomic E-state index is -4.23. The third-order valence-electron chi connectivity index (χ3n) is 3.77. The number of nitrogen functional groups attached to an aromatic ring is 1. The second kappa shape index (κ2) is 7.82. The van der Waals surface area contributed by atoms with E-state index in [4.69, 9.17) is 17.3 Å². The van der Waals surface area contributed by atoms with Crippen molar-refractivity contribution in [1.82, 2.24) is 14.2 Å². The van der Waals surface area contributed by atoms with Gasteiger partial charge in [0.15, 0.2) is 0 Å². The summed E-state index contributed by atoms with van der Waals surface area (Å²) in [4.78, 5) is 13.8. The van der Waals surface area contributed by atoms with Crippen molar-refractivity contribution in [3.8, 4) is 0 Å². The Balaban J connectivity index is 1.76. The Morgan fingerprint density at radius 1 is 1.21 bits per heavy atom. The SMILES string of the molecule is Nc1nc(NCCc2ccc(Cl)cc2)nn1S(=O)(=O)c1cccc([N+](=O)[O-])c1. The van der Waals surface area contributed by atoms with Crippen molar-refractivity contribution in [1.29, 1.82) is 0 Å². The van der Waals surface area contributed by atoms with Crippen molar-refractivity contribution in [3.63, 3.8) is 0 Å². The highest BCUT2D eigenvalue weighted by molar-refractivity contribution is 7.90. The number of halogens is 1. The number of nitro groups is 1. The Bertz CT molecular complexity index is 1110. The Labute approximate surface area is 165 Å². The van der Waals surface area contributed by atoms with Gasteiger partial charge in [-0.25, -0.2) is 0 Å². The van der Waals surface area contributed by atoms with E-state index < -0.39 is 14.9 Å². The lowest BCUT2D eigenvalue weighted by molar-refractivity contribution is -0.385. The summed E-state index contributed by atoms with van der Waals surface area (Å²) in [5, 5.41) is 18.3. The molecular formula is C16H15ClN6O4S. The number of benzene rings is 2. The van der Waals surface area contributed by atoms with E-state index in [1.54, 1.807) is 12.1 Å². The van der Waals surface area contributed by atoms with Crippen LogP contribution >= 0.6 is 11.6 Å². The second-order valence-electron chi connectivity index (χ2n) is 5.70. The highest BCUT2D eigenvalue weighted by Gasteiger charge is 2.24. The number of nitrogens with two attached hydrogens (primary N) is 1. The molecule has 10 nitrogen and oxygen atoms in total. The van der Waals surface area contributed by atoms with Crippen molar-refractivity contribution in [2.75, 3.05) is 17.6 Å². The summed E-state index contributed by atoms with van der Waals surface area (Å²) < 4.78 is 25.9. The molecule has 0 spiro atoms. The standard InChI is InChI=1S/C16H15ClN6O4S/c17-12-6-4-11(5-7-12)8-9-19-16-20-15(18)22(21-16)28(26,27)14-3-1-2-13(10-14)23(24)25/h1-7,10H,8-9H2,(H3,18,19,20,21). The molecule has 0 aliphatic carbocycles. The molecule has 0 saturated heterocycles. The first-order chi connectivity index (χ1) is 13.3. The van der Waals surface area contributed by atoms with E-state index in [2.05, 4.69) is 15.4 Å². The van der Waals surface area contributed by atoms with Crippen LogP contribution in [0.1, 0.15) is 5.56 Å². The summed E-state index contributed by atoms with van der Waals surface area (Å²) in [5.74, 6) is -0.332. The Morgan fingerprint density at radius 3 is 2.61 bits per heavy atom. The fraction of sp³-hybridized carbons (Fsp3) is 0.125. The predicted molar refractivity (Wildman–Crippen MR) is 104 cm³/mol. The molecule has 28 heavy (non-hydrogen) atoms. The van der Waals surface area contributed by atoms with Gasteiger partial charge in [-0.3, -0.25) is 10.1 Å². The minimum Gasteiger partial charge on any atom is -0.367 e. The minimum absolute atomic E-state index is 0.0282. The van der Waals surface area contributed by atoms with Crippen LogP contribution in [-0.2, 0) is 16.4 Å². The molecule has 0 unspecified atom stereocenters. The molecule has 0 aliphatic rings. The van der Waals surface area contributed by atoms with Gasteiger partial charge in [0, 0.05) is 23.7 Å². The number of nitrogens with one attached hydrogen (secondary N) is 1. The zero-order chi connectivity index (χ0) is 20.3. The van der Waals surface area contributed by atoms with Gasteiger partial charge in [-0.1, -0.05) is 29.8 Å². The van der Waals surface area contributed by atoms with Crippen LogP contribution in [0, 0.1) is 10.1 Å². The van der Waals surface area contributed by atoms with E-state index in [0.717, 1.165) is 11.6 Å². The number of hydrogen-bond donors (Lipinski definition) is 2. The third kappa shape index (κ3) is 4.21. The van der Waals surface area contributed by atoms with E-state index >= 15 is 0 Å². The molecule has 0 aliphatic heterocycles. The van der Waals surface area contributed by atoms with E-state index in [0.29, 0.717) is 22.1 Å². The van der Waals surface area contributed by atoms with Crippen LogP contribution in [0.15, 0.2) is 53.4 Å². The maximum absolute atomic E-state index is 12.7. The van der Waals surface area contributed by atoms with Gasteiger partial charge in [-0.15, -0.1) is 9.19 Å². The van der Waals surface area contributed by atoms with E-state index in [1.807, 2.05) is 12.1 Å². The molecule has 146 valence electrons. The van der Waals surface area contributed by atoms with Crippen molar-refractivity contribution < 1.29 is 13.3 Å². The van der Waals surface area contributed by atoms with Gasteiger partial charge in [0.1, 0.15) is 0 Å². The van der Waals surface area contributed by atoms with Crippen LogP contribution in [0.25, 0.3) is 0 Å². The molecule has 0 amide bonds. The molecule has 1 aromatic heterocycles. The van der Waals surface area contributed by atoms with E-state index in [-0.39, 0.29) is 22.5 Å². The van der Waals surface area contributed by atoms with Gasteiger partial charge in [-0.05, 0) is 30.2 Å². The largest absolute Gasteiger partial charge is 0.367 e. The van der Waals surface area contributed by atoms with E-state index in [9.17, 15) is 18.5 Å². The van der Waals surface area contributed by atoms with Crippen molar-refractivity contribution in [2.24, 2.45) is 0 Å². The molecule has 3 rings (SSSR count). The lowest BCUT2D eigenvalue weighted by atomic mass is 10.1. The molecule has 1 heterocycles. The number of hydrogen-bond acceptors (Lipinski definition) is 8. The maximum atomic E-state index is 12.7. The molecule has 0 bridgehead atoms. The molecule has 0 fully saturated rings. The average molecular weight is 423 g/mol. The Hall–Kier alpha value is -3.18. The first-order valence-electron chi connectivity index (χ1n) is 7.98. The van der Waals surface area contributed by atoms with Crippen LogP contribution in [0.2, 0.25) is 5.02 Å². The molecule has 0 radical (unpaired) electrons. The monoisotopic (exact) mass is 422 g/mol. The zero-order valence-corrected chi connectivity index (χ0v) is 15.9. The van der Waals surface area contributed by atoms with Gasteiger partial charge < -0.3 is 11.1 Å². The number of non-ortho nitro benzene ring substituents is 1. The van der Waals surface area contributed by atoms with Gasteiger partial charge >= 0.3 is 0 Å².